The fraction of sp³-hybridized carbons (Fsp3) is 0.300. The van der Waals surface area contributed by atoms with Gasteiger partial charge in [-0.15, -0.1) is 0 Å². The Morgan fingerprint density at radius 3 is 2.25 bits per heavy atom. The Bertz CT molecular complexity index is 956. The number of sulfonamides is 1. The minimum atomic E-state index is -3.68. The van der Waals surface area contributed by atoms with Gasteiger partial charge in [0, 0.05) is 26.3 Å². The molecule has 0 aliphatic carbocycles. The Kier molecular flexibility index (Phi) is 6.93. The minimum absolute atomic E-state index is 0.0131. The molecule has 150 valence electrons. The average Bonchev–Trinajstić information content (AvgIpc) is 2.67. The molecule has 0 atom stereocenters. The molecule has 0 aliphatic rings. The lowest BCUT2D eigenvalue weighted by atomic mass is 10.1. The van der Waals surface area contributed by atoms with Crippen LogP contribution >= 0.6 is 0 Å². The molecule has 0 aromatic heterocycles. The van der Waals surface area contributed by atoms with E-state index >= 15 is 0 Å². The van der Waals surface area contributed by atoms with Gasteiger partial charge in [0.25, 0.3) is 5.91 Å². The lowest BCUT2D eigenvalue weighted by molar-refractivity contribution is -0.121. The quantitative estimate of drug-likeness (QED) is 0.662. The predicted molar refractivity (Wildman–Crippen MR) is 107 cm³/mol. The van der Waals surface area contributed by atoms with E-state index in [0.29, 0.717) is 17.8 Å². The number of hydrogen-bond donors (Lipinski definition) is 0. The first-order chi connectivity index (χ1) is 13.2. The van der Waals surface area contributed by atoms with Gasteiger partial charge in [0.15, 0.2) is 6.61 Å². The van der Waals surface area contributed by atoms with E-state index in [1.54, 1.807) is 19.1 Å². The third-order valence-electron chi connectivity index (χ3n) is 4.22. The van der Waals surface area contributed by atoms with Crippen LogP contribution in [0, 0.1) is 6.92 Å². The van der Waals surface area contributed by atoms with Crippen LogP contribution in [-0.4, -0.2) is 51.8 Å². The van der Waals surface area contributed by atoms with E-state index in [2.05, 4.69) is 0 Å². The van der Waals surface area contributed by atoms with Gasteiger partial charge in [-0.25, -0.2) is 17.5 Å². The average molecular weight is 404 g/mol. The first-order valence-electron chi connectivity index (χ1n) is 8.74. The first-order valence-corrected chi connectivity index (χ1v) is 10.2. The van der Waals surface area contributed by atoms with Crippen molar-refractivity contribution in [3.63, 3.8) is 0 Å². The molecule has 2 rings (SSSR count). The third kappa shape index (κ3) is 4.76. The highest BCUT2D eigenvalue weighted by Crippen LogP contribution is 2.19. The number of nitrogens with zero attached hydrogens (tertiary/aromatic N) is 2. The zero-order valence-electron chi connectivity index (χ0n) is 16.4. The number of ether oxygens (including phenoxy) is 1. The number of benzene rings is 2. The zero-order chi connectivity index (χ0) is 20.9. The molecule has 0 bridgehead atoms. The molecule has 7 nitrogen and oxygen atoms in total. The van der Waals surface area contributed by atoms with Crippen molar-refractivity contribution in [3.8, 4) is 0 Å². The van der Waals surface area contributed by atoms with Crippen LogP contribution in [0.2, 0.25) is 0 Å². The summed E-state index contributed by atoms with van der Waals surface area (Å²) in [5, 5.41) is 0. The molecular weight excluding hydrogens is 380 g/mol. The summed E-state index contributed by atoms with van der Waals surface area (Å²) >= 11 is 0. The molecule has 0 N–H and O–H groups in total. The largest absolute Gasteiger partial charge is 0.452 e. The van der Waals surface area contributed by atoms with Crippen molar-refractivity contribution in [2.75, 3.05) is 32.1 Å². The SMILES string of the molecule is CCN(C(=O)COC(=O)c1cc(S(=O)(=O)N(C)C)ccc1C)c1ccccc1. The molecule has 0 heterocycles. The second-order valence-electron chi connectivity index (χ2n) is 6.31. The van der Waals surface area contributed by atoms with E-state index in [4.69, 9.17) is 4.74 Å². The van der Waals surface area contributed by atoms with Gasteiger partial charge in [0.2, 0.25) is 10.0 Å². The topological polar surface area (TPSA) is 84.0 Å². The Morgan fingerprint density at radius 2 is 1.68 bits per heavy atom. The maximum atomic E-state index is 12.5. The molecule has 8 heteroatoms. The summed E-state index contributed by atoms with van der Waals surface area (Å²) in [6, 6.07) is 13.3. The van der Waals surface area contributed by atoms with Crippen LogP contribution in [-0.2, 0) is 19.6 Å². The normalized spacial score (nSPS) is 11.3. The summed E-state index contributed by atoms with van der Waals surface area (Å²) in [6.45, 7) is 3.49. The smallest absolute Gasteiger partial charge is 0.338 e. The molecule has 28 heavy (non-hydrogen) atoms. The van der Waals surface area contributed by atoms with Crippen LogP contribution in [0.15, 0.2) is 53.4 Å². The minimum Gasteiger partial charge on any atom is -0.452 e. The summed E-state index contributed by atoms with van der Waals surface area (Å²) in [5.74, 6) is -1.11. The molecule has 0 unspecified atom stereocenters. The number of aryl methyl sites for hydroxylation is 1. The second kappa shape index (κ2) is 8.99. The van der Waals surface area contributed by atoms with Crippen LogP contribution in [0.25, 0.3) is 0 Å². The van der Waals surface area contributed by atoms with E-state index < -0.39 is 22.6 Å². The van der Waals surface area contributed by atoms with Crippen molar-refractivity contribution in [2.45, 2.75) is 18.7 Å². The summed E-state index contributed by atoms with van der Waals surface area (Å²) in [7, 11) is -0.861. The molecule has 1 amide bonds. The molecule has 2 aromatic carbocycles. The molecule has 0 saturated heterocycles. The molecule has 0 radical (unpaired) electrons. The number of esters is 1. The number of rotatable bonds is 7. The Hall–Kier alpha value is -2.71. The van der Waals surface area contributed by atoms with Gasteiger partial charge in [-0.3, -0.25) is 4.79 Å². The van der Waals surface area contributed by atoms with Crippen molar-refractivity contribution >= 4 is 27.6 Å². The standard InChI is InChI=1S/C20H24N2O5S/c1-5-22(16-9-7-6-8-10-16)19(23)14-27-20(24)18-13-17(12-11-15(18)2)28(25,26)21(3)4/h6-13H,5,14H2,1-4H3. The van der Waals surface area contributed by atoms with E-state index in [9.17, 15) is 18.0 Å². The molecule has 2 aromatic rings. The monoisotopic (exact) mass is 404 g/mol. The molecular formula is C20H24N2O5S. The van der Waals surface area contributed by atoms with Gasteiger partial charge in [0.05, 0.1) is 10.5 Å². The summed E-state index contributed by atoms with van der Waals surface area (Å²) < 4.78 is 30.8. The second-order valence-corrected chi connectivity index (χ2v) is 8.47. The van der Waals surface area contributed by atoms with Crippen LogP contribution < -0.4 is 4.90 Å². The number of likely N-dealkylation sites (N-methyl/N-ethyl adjacent to an activating group) is 1. The van der Waals surface area contributed by atoms with Gasteiger partial charge >= 0.3 is 5.97 Å². The van der Waals surface area contributed by atoms with E-state index in [1.807, 2.05) is 25.1 Å². The maximum absolute atomic E-state index is 12.5. The van der Waals surface area contributed by atoms with Crippen molar-refractivity contribution in [2.24, 2.45) is 0 Å². The summed E-state index contributed by atoms with van der Waals surface area (Å²) in [6.07, 6.45) is 0. The number of amides is 1. The highest BCUT2D eigenvalue weighted by atomic mass is 32.2. The van der Waals surface area contributed by atoms with E-state index in [-0.39, 0.29) is 16.4 Å². The van der Waals surface area contributed by atoms with Crippen molar-refractivity contribution < 1.29 is 22.7 Å². The zero-order valence-corrected chi connectivity index (χ0v) is 17.2. The number of para-hydroxylation sites is 1. The van der Waals surface area contributed by atoms with Gasteiger partial charge < -0.3 is 9.64 Å². The maximum Gasteiger partial charge on any atom is 0.338 e. The summed E-state index contributed by atoms with van der Waals surface area (Å²) in [5.41, 5.74) is 1.38. The highest BCUT2D eigenvalue weighted by Gasteiger charge is 2.22. The van der Waals surface area contributed by atoms with Crippen molar-refractivity contribution in [1.29, 1.82) is 0 Å². The molecule has 0 aliphatic heterocycles. The first kappa shape index (κ1) is 21.6. The molecule has 0 fully saturated rings. The van der Waals surface area contributed by atoms with Gasteiger partial charge in [-0.2, -0.15) is 0 Å². The number of carbonyl (C=O) groups excluding carboxylic acids is 2. The van der Waals surface area contributed by atoms with Crippen LogP contribution in [0.1, 0.15) is 22.8 Å². The van der Waals surface area contributed by atoms with Gasteiger partial charge in [-0.05, 0) is 43.7 Å². The lowest BCUT2D eigenvalue weighted by Gasteiger charge is -2.21. The molecule has 0 saturated carbocycles. The van der Waals surface area contributed by atoms with Crippen molar-refractivity contribution in [3.05, 3.63) is 59.7 Å². The van der Waals surface area contributed by atoms with Crippen LogP contribution in [0.5, 0.6) is 0 Å². The van der Waals surface area contributed by atoms with E-state index in [0.717, 1.165) is 4.31 Å². The van der Waals surface area contributed by atoms with Crippen LogP contribution in [0.4, 0.5) is 5.69 Å². The predicted octanol–water partition coefficient (Wildman–Crippen LogP) is 2.46. The van der Waals surface area contributed by atoms with Gasteiger partial charge in [-0.1, -0.05) is 24.3 Å². The highest BCUT2D eigenvalue weighted by molar-refractivity contribution is 7.89. The Balaban J connectivity index is 2.16. The lowest BCUT2D eigenvalue weighted by Crippen LogP contribution is -2.34. The number of anilines is 1. The van der Waals surface area contributed by atoms with E-state index in [1.165, 1.54) is 37.2 Å². The summed E-state index contributed by atoms with van der Waals surface area (Å²) in [4.78, 5) is 26.4. The fourth-order valence-electron chi connectivity index (χ4n) is 2.59. The molecule has 0 spiro atoms. The van der Waals surface area contributed by atoms with Crippen LogP contribution in [0.3, 0.4) is 0 Å². The number of hydrogen-bond acceptors (Lipinski definition) is 5. The fourth-order valence-corrected chi connectivity index (χ4v) is 3.51. The Labute approximate surface area is 165 Å². The van der Waals surface area contributed by atoms with Crippen molar-refractivity contribution in [1.82, 2.24) is 4.31 Å². The Morgan fingerprint density at radius 1 is 1.04 bits per heavy atom. The number of carbonyl (C=O) groups is 2. The van der Waals surface area contributed by atoms with Gasteiger partial charge in [0.1, 0.15) is 0 Å². The third-order valence-corrected chi connectivity index (χ3v) is 6.03.